The second kappa shape index (κ2) is 7.21. The van der Waals surface area contributed by atoms with Gasteiger partial charge in [0.1, 0.15) is 5.58 Å². The zero-order chi connectivity index (χ0) is 17.8. The zero-order valence-electron chi connectivity index (χ0n) is 14.1. The number of carbonyl (C=O) groups is 2. The lowest BCUT2D eigenvalue weighted by Crippen LogP contribution is -2.35. The first-order chi connectivity index (χ1) is 12.1. The van der Waals surface area contributed by atoms with Gasteiger partial charge in [0, 0.05) is 17.5 Å². The first kappa shape index (κ1) is 16.8. The third-order valence-electron chi connectivity index (χ3n) is 3.99. The zero-order valence-corrected chi connectivity index (χ0v) is 14.1. The highest BCUT2D eigenvalue weighted by atomic mass is 16.6. The molecule has 1 aromatic heterocycles. The molecule has 0 unspecified atom stereocenters. The summed E-state index contributed by atoms with van der Waals surface area (Å²) in [4.78, 5) is 24.4. The van der Waals surface area contributed by atoms with E-state index >= 15 is 0 Å². The first-order valence-corrected chi connectivity index (χ1v) is 8.07. The maximum atomic E-state index is 12.3. The van der Waals surface area contributed by atoms with Gasteiger partial charge in [-0.15, -0.1) is 0 Å². The maximum absolute atomic E-state index is 12.3. The van der Waals surface area contributed by atoms with Crippen LogP contribution in [-0.2, 0) is 16.1 Å². The lowest BCUT2D eigenvalue weighted by atomic mass is 10.1. The standard InChI is InChI=1S/C20H19NO4/c1-13-16-10-6-7-11-17(16)25-18(13)20(23)24-14(2)19(22)21-12-15-8-4-3-5-9-15/h3-11,14H,12H2,1-2H3,(H,21,22)/t14-/m0/s1. The molecule has 1 amide bonds. The molecule has 3 aromatic rings. The van der Waals surface area contributed by atoms with Crippen LogP contribution in [0.2, 0.25) is 0 Å². The normalized spacial score (nSPS) is 11.9. The van der Waals surface area contributed by atoms with Gasteiger partial charge in [0.2, 0.25) is 5.76 Å². The van der Waals surface area contributed by atoms with Crippen molar-refractivity contribution in [2.24, 2.45) is 0 Å². The van der Waals surface area contributed by atoms with E-state index in [1.54, 1.807) is 13.0 Å². The molecule has 5 nitrogen and oxygen atoms in total. The third-order valence-corrected chi connectivity index (χ3v) is 3.99. The van der Waals surface area contributed by atoms with Gasteiger partial charge in [0.25, 0.3) is 5.91 Å². The molecule has 128 valence electrons. The molecule has 5 heteroatoms. The molecule has 0 aliphatic carbocycles. The number of amides is 1. The summed E-state index contributed by atoms with van der Waals surface area (Å²) in [6, 6.07) is 16.9. The Balaban J connectivity index is 1.63. The van der Waals surface area contributed by atoms with Crippen molar-refractivity contribution >= 4 is 22.8 Å². The van der Waals surface area contributed by atoms with Crippen LogP contribution in [0, 0.1) is 6.92 Å². The fourth-order valence-electron chi connectivity index (χ4n) is 2.57. The number of ether oxygens (including phenoxy) is 1. The van der Waals surface area contributed by atoms with Gasteiger partial charge in [-0.3, -0.25) is 4.79 Å². The lowest BCUT2D eigenvalue weighted by Gasteiger charge is -2.13. The van der Waals surface area contributed by atoms with Crippen LogP contribution in [-0.4, -0.2) is 18.0 Å². The first-order valence-electron chi connectivity index (χ1n) is 8.07. The highest BCUT2D eigenvalue weighted by Gasteiger charge is 2.23. The number of fused-ring (bicyclic) bond motifs is 1. The van der Waals surface area contributed by atoms with Crippen LogP contribution in [0.1, 0.15) is 28.6 Å². The van der Waals surface area contributed by atoms with E-state index in [0.717, 1.165) is 10.9 Å². The van der Waals surface area contributed by atoms with E-state index in [0.29, 0.717) is 17.7 Å². The number of benzene rings is 2. The molecule has 1 atom stereocenters. The van der Waals surface area contributed by atoms with E-state index < -0.39 is 12.1 Å². The van der Waals surface area contributed by atoms with E-state index in [-0.39, 0.29) is 11.7 Å². The molecule has 0 fully saturated rings. The van der Waals surface area contributed by atoms with Gasteiger partial charge < -0.3 is 14.5 Å². The highest BCUT2D eigenvalue weighted by molar-refractivity contribution is 5.97. The Morgan fingerprint density at radius 3 is 2.48 bits per heavy atom. The summed E-state index contributed by atoms with van der Waals surface area (Å²) < 4.78 is 10.8. The molecule has 0 radical (unpaired) electrons. The van der Waals surface area contributed by atoms with Crippen LogP contribution in [0.25, 0.3) is 11.0 Å². The summed E-state index contributed by atoms with van der Waals surface area (Å²) in [6.07, 6.45) is -0.913. The third kappa shape index (κ3) is 3.71. The second-order valence-corrected chi connectivity index (χ2v) is 5.80. The minimum Gasteiger partial charge on any atom is -0.449 e. The second-order valence-electron chi connectivity index (χ2n) is 5.80. The number of aryl methyl sites for hydroxylation is 1. The summed E-state index contributed by atoms with van der Waals surface area (Å²) in [7, 11) is 0. The van der Waals surface area contributed by atoms with Crippen molar-refractivity contribution in [3.05, 3.63) is 71.5 Å². The Labute approximate surface area is 145 Å². The summed E-state index contributed by atoms with van der Waals surface area (Å²) in [6.45, 7) is 3.71. The molecule has 1 N–H and O–H groups in total. The molecule has 0 aliphatic rings. The summed E-state index contributed by atoms with van der Waals surface area (Å²) in [5.41, 5.74) is 2.30. The molecule has 0 saturated carbocycles. The minimum absolute atomic E-state index is 0.129. The molecular formula is C20H19NO4. The van der Waals surface area contributed by atoms with Gasteiger partial charge in [-0.2, -0.15) is 0 Å². The minimum atomic E-state index is -0.913. The Bertz CT molecular complexity index is 898. The van der Waals surface area contributed by atoms with Crippen LogP contribution < -0.4 is 5.32 Å². The summed E-state index contributed by atoms with van der Waals surface area (Å²) in [5, 5.41) is 3.61. The fraction of sp³-hybridized carbons (Fsp3) is 0.200. The van der Waals surface area contributed by atoms with E-state index in [2.05, 4.69) is 5.32 Å². The van der Waals surface area contributed by atoms with Crippen LogP contribution in [0.4, 0.5) is 0 Å². The van der Waals surface area contributed by atoms with Gasteiger partial charge in [0.15, 0.2) is 6.10 Å². The van der Waals surface area contributed by atoms with Crippen LogP contribution in [0.5, 0.6) is 0 Å². The van der Waals surface area contributed by atoms with E-state index in [1.165, 1.54) is 6.92 Å². The maximum Gasteiger partial charge on any atom is 0.375 e. The molecular weight excluding hydrogens is 318 g/mol. The molecule has 2 aromatic carbocycles. The predicted octanol–water partition coefficient (Wildman–Crippen LogP) is 3.60. The number of hydrogen-bond donors (Lipinski definition) is 1. The number of nitrogens with one attached hydrogen (secondary N) is 1. The highest BCUT2D eigenvalue weighted by Crippen LogP contribution is 2.25. The van der Waals surface area contributed by atoms with Crippen molar-refractivity contribution in [3.8, 4) is 0 Å². The molecule has 0 aliphatic heterocycles. The van der Waals surface area contributed by atoms with Crippen molar-refractivity contribution in [3.63, 3.8) is 0 Å². The molecule has 0 bridgehead atoms. The van der Waals surface area contributed by atoms with Gasteiger partial charge in [-0.05, 0) is 25.5 Å². The molecule has 25 heavy (non-hydrogen) atoms. The number of furan rings is 1. The Morgan fingerprint density at radius 1 is 1.08 bits per heavy atom. The number of carbonyl (C=O) groups excluding carboxylic acids is 2. The van der Waals surface area contributed by atoms with Crippen LogP contribution in [0.15, 0.2) is 59.0 Å². The molecule has 1 heterocycles. The fourth-order valence-corrected chi connectivity index (χ4v) is 2.57. The SMILES string of the molecule is Cc1c(C(=O)O[C@@H](C)C(=O)NCc2ccccc2)oc2ccccc12. The van der Waals surface area contributed by atoms with Gasteiger partial charge in [-0.1, -0.05) is 48.5 Å². The predicted molar refractivity (Wildman–Crippen MR) is 94.1 cm³/mol. The molecule has 0 saturated heterocycles. The quantitative estimate of drug-likeness (QED) is 0.722. The number of rotatable bonds is 5. The van der Waals surface area contributed by atoms with Crippen molar-refractivity contribution in [1.82, 2.24) is 5.32 Å². The van der Waals surface area contributed by atoms with E-state index in [9.17, 15) is 9.59 Å². The monoisotopic (exact) mass is 337 g/mol. The Morgan fingerprint density at radius 2 is 1.76 bits per heavy atom. The number of hydrogen-bond acceptors (Lipinski definition) is 4. The largest absolute Gasteiger partial charge is 0.449 e. The van der Waals surface area contributed by atoms with E-state index in [4.69, 9.17) is 9.15 Å². The Hall–Kier alpha value is -3.08. The summed E-state index contributed by atoms with van der Waals surface area (Å²) in [5.74, 6) is -0.870. The van der Waals surface area contributed by atoms with E-state index in [1.807, 2.05) is 48.5 Å². The average Bonchev–Trinajstić information content (AvgIpc) is 2.97. The van der Waals surface area contributed by atoms with Crippen molar-refractivity contribution < 1.29 is 18.7 Å². The lowest BCUT2D eigenvalue weighted by molar-refractivity contribution is -0.129. The summed E-state index contributed by atoms with van der Waals surface area (Å²) >= 11 is 0. The number of esters is 1. The van der Waals surface area contributed by atoms with Crippen molar-refractivity contribution in [1.29, 1.82) is 0 Å². The van der Waals surface area contributed by atoms with Gasteiger partial charge in [-0.25, -0.2) is 4.79 Å². The van der Waals surface area contributed by atoms with Gasteiger partial charge in [0.05, 0.1) is 0 Å². The van der Waals surface area contributed by atoms with Crippen LogP contribution >= 0.6 is 0 Å². The average molecular weight is 337 g/mol. The van der Waals surface area contributed by atoms with Gasteiger partial charge >= 0.3 is 5.97 Å². The van der Waals surface area contributed by atoms with Crippen molar-refractivity contribution in [2.75, 3.05) is 0 Å². The molecule has 0 spiro atoms. The smallest absolute Gasteiger partial charge is 0.375 e. The number of para-hydroxylation sites is 1. The molecule has 3 rings (SSSR count). The Kier molecular flexibility index (Phi) is 4.84. The van der Waals surface area contributed by atoms with Crippen molar-refractivity contribution in [2.45, 2.75) is 26.5 Å². The van der Waals surface area contributed by atoms with Crippen LogP contribution in [0.3, 0.4) is 0 Å². The topological polar surface area (TPSA) is 68.5 Å².